The number of para-hydroxylation sites is 2. The van der Waals surface area contributed by atoms with Gasteiger partial charge < -0.3 is 14.1 Å². The predicted octanol–water partition coefficient (Wildman–Crippen LogP) is 3.50. The van der Waals surface area contributed by atoms with Crippen LogP contribution >= 0.6 is 0 Å². The van der Waals surface area contributed by atoms with Crippen molar-refractivity contribution >= 4 is 17.0 Å². The molecule has 0 unspecified atom stereocenters. The summed E-state index contributed by atoms with van der Waals surface area (Å²) in [5, 5.41) is 0. The largest absolute Gasteiger partial charge is 0.440 e. The molecule has 2 aromatic rings. The average molecular weight is 356 g/mol. The van der Waals surface area contributed by atoms with E-state index < -0.39 is 12.8 Å². The van der Waals surface area contributed by atoms with Crippen molar-refractivity contribution in [2.75, 3.05) is 26.3 Å². The standard InChI is InChI=1S/C17H19F3N2O3/c18-17(19,20)11-24-10-7-15(23)22-8-5-12(6-9-22)16-21-13-3-1-2-4-14(13)25-16/h1-4,12H,5-11H2. The number of carbonyl (C=O) groups is 1. The van der Waals surface area contributed by atoms with Gasteiger partial charge in [-0.15, -0.1) is 0 Å². The summed E-state index contributed by atoms with van der Waals surface area (Å²) in [4.78, 5) is 18.2. The second-order valence-corrected chi connectivity index (χ2v) is 6.09. The summed E-state index contributed by atoms with van der Waals surface area (Å²) in [7, 11) is 0. The van der Waals surface area contributed by atoms with Crippen LogP contribution in [0.25, 0.3) is 11.1 Å². The van der Waals surface area contributed by atoms with Gasteiger partial charge in [0.1, 0.15) is 12.1 Å². The van der Waals surface area contributed by atoms with Gasteiger partial charge in [0.2, 0.25) is 5.91 Å². The number of amides is 1. The number of halogens is 3. The first kappa shape index (κ1) is 17.7. The molecule has 0 radical (unpaired) electrons. The van der Waals surface area contributed by atoms with Crippen LogP contribution in [-0.2, 0) is 9.53 Å². The van der Waals surface area contributed by atoms with Crippen molar-refractivity contribution in [2.24, 2.45) is 0 Å². The maximum Gasteiger partial charge on any atom is 0.411 e. The monoisotopic (exact) mass is 356 g/mol. The molecule has 1 aromatic heterocycles. The van der Waals surface area contributed by atoms with E-state index in [0.29, 0.717) is 19.0 Å². The zero-order valence-corrected chi connectivity index (χ0v) is 13.6. The number of fused-ring (bicyclic) bond motifs is 1. The van der Waals surface area contributed by atoms with Crippen molar-refractivity contribution < 1.29 is 27.1 Å². The highest BCUT2D eigenvalue weighted by Crippen LogP contribution is 2.30. The fourth-order valence-corrected chi connectivity index (χ4v) is 2.95. The number of nitrogens with zero attached hydrogens (tertiary/aromatic N) is 2. The molecule has 0 saturated carbocycles. The minimum Gasteiger partial charge on any atom is -0.440 e. The molecular weight excluding hydrogens is 337 g/mol. The molecule has 0 aliphatic carbocycles. The van der Waals surface area contributed by atoms with Crippen molar-refractivity contribution in [3.63, 3.8) is 0 Å². The summed E-state index contributed by atoms with van der Waals surface area (Å²) in [6.07, 6.45) is -2.95. The second kappa shape index (κ2) is 7.43. The predicted molar refractivity (Wildman–Crippen MR) is 84.1 cm³/mol. The van der Waals surface area contributed by atoms with Crippen molar-refractivity contribution in [1.29, 1.82) is 0 Å². The van der Waals surface area contributed by atoms with E-state index in [4.69, 9.17) is 4.42 Å². The van der Waals surface area contributed by atoms with E-state index in [-0.39, 0.29) is 24.9 Å². The Labute approximate surface area is 142 Å². The molecule has 5 nitrogen and oxygen atoms in total. The zero-order chi connectivity index (χ0) is 17.9. The van der Waals surface area contributed by atoms with E-state index in [9.17, 15) is 18.0 Å². The molecule has 3 rings (SSSR count). The van der Waals surface area contributed by atoms with Gasteiger partial charge in [-0.3, -0.25) is 4.79 Å². The van der Waals surface area contributed by atoms with Gasteiger partial charge in [0.25, 0.3) is 0 Å². The molecule has 2 heterocycles. The number of piperidine rings is 1. The number of rotatable bonds is 5. The minimum atomic E-state index is -4.36. The van der Waals surface area contributed by atoms with E-state index in [1.165, 1.54) is 0 Å². The summed E-state index contributed by atoms with van der Waals surface area (Å²) in [5.41, 5.74) is 1.57. The highest BCUT2D eigenvalue weighted by Gasteiger charge is 2.29. The van der Waals surface area contributed by atoms with Gasteiger partial charge in [-0.2, -0.15) is 13.2 Å². The van der Waals surface area contributed by atoms with Crippen LogP contribution < -0.4 is 0 Å². The van der Waals surface area contributed by atoms with Crippen LogP contribution in [0.4, 0.5) is 13.2 Å². The van der Waals surface area contributed by atoms with Gasteiger partial charge in [0.15, 0.2) is 11.5 Å². The normalized spacial score (nSPS) is 16.5. The third-order valence-corrected chi connectivity index (χ3v) is 4.23. The molecule has 1 aromatic carbocycles. The van der Waals surface area contributed by atoms with Crippen LogP contribution in [0, 0.1) is 0 Å². The Morgan fingerprint density at radius 3 is 2.68 bits per heavy atom. The molecule has 1 aliphatic rings. The van der Waals surface area contributed by atoms with Gasteiger partial charge in [-0.25, -0.2) is 4.98 Å². The van der Waals surface area contributed by atoms with E-state index >= 15 is 0 Å². The molecule has 0 N–H and O–H groups in total. The van der Waals surface area contributed by atoms with Crippen LogP contribution in [0.15, 0.2) is 28.7 Å². The summed E-state index contributed by atoms with van der Waals surface area (Å²) >= 11 is 0. The first-order valence-electron chi connectivity index (χ1n) is 8.20. The van der Waals surface area contributed by atoms with Crippen molar-refractivity contribution in [2.45, 2.75) is 31.4 Å². The van der Waals surface area contributed by atoms with Crippen LogP contribution in [-0.4, -0.2) is 48.3 Å². The number of hydrogen-bond donors (Lipinski definition) is 0. The quantitative estimate of drug-likeness (QED) is 0.770. The van der Waals surface area contributed by atoms with Gasteiger partial charge in [0, 0.05) is 19.0 Å². The summed E-state index contributed by atoms with van der Waals surface area (Å²) < 4.78 is 46.2. The first-order valence-corrected chi connectivity index (χ1v) is 8.20. The van der Waals surface area contributed by atoms with Gasteiger partial charge in [-0.05, 0) is 25.0 Å². The Hall–Kier alpha value is -2.09. The van der Waals surface area contributed by atoms with E-state index in [0.717, 1.165) is 23.9 Å². The lowest BCUT2D eigenvalue weighted by Crippen LogP contribution is -2.38. The van der Waals surface area contributed by atoms with Gasteiger partial charge >= 0.3 is 6.18 Å². The van der Waals surface area contributed by atoms with Crippen LogP contribution in [0.2, 0.25) is 0 Å². The molecule has 0 atom stereocenters. The zero-order valence-electron chi connectivity index (χ0n) is 13.6. The lowest BCUT2D eigenvalue weighted by Gasteiger charge is -2.30. The Kier molecular flexibility index (Phi) is 5.27. The molecule has 1 amide bonds. The van der Waals surface area contributed by atoms with Crippen LogP contribution in [0.3, 0.4) is 0 Å². The van der Waals surface area contributed by atoms with Crippen LogP contribution in [0.1, 0.15) is 31.1 Å². The highest BCUT2D eigenvalue weighted by atomic mass is 19.4. The minimum absolute atomic E-state index is 0.0381. The average Bonchev–Trinajstić information content (AvgIpc) is 3.02. The molecule has 8 heteroatoms. The number of ether oxygens (including phenoxy) is 1. The number of likely N-dealkylation sites (tertiary alicyclic amines) is 1. The Balaban J connectivity index is 1.45. The SMILES string of the molecule is O=C(CCOCC(F)(F)F)N1CCC(c2nc3ccccc3o2)CC1. The second-order valence-electron chi connectivity index (χ2n) is 6.09. The number of alkyl halides is 3. The van der Waals surface area contributed by atoms with Gasteiger partial charge in [0.05, 0.1) is 13.0 Å². The molecular formula is C17H19F3N2O3. The number of carbonyl (C=O) groups excluding carboxylic acids is 1. The molecule has 0 bridgehead atoms. The van der Waals surface area contributed by atoms with Crippen LogP contribution in [0.5, 0.6) is 0 Å². The van der Waals surface area contributed by atoms with E-state index in [1.807, 2.05) is 24.3 Å². The Morgan fingerprint density at radius 1 is 1.28 bits per heavy atom. The van der Waals surface area contributed by atoms with Crippen molar-refractivity contribution in [3.05, 3.63) is 30.2 Å². The molecule has 1 saturated heterocycles. The molecule has 25 heavy (non-hydrogen) atoms. The summed E-state index contributed by atoms with van der Waals surface area (Å²) in [6.45, 7) is -0.452. The van der Waals surface area contributed by atoms with E-state index in [1.54, 1.807) is 4.90 Å². The van der Waals surface area contributed by atoms with Crippen molar-refractivity contribution in [1.82, 2.24) is 9.88 Å². The number of benzene rings is 1. The molecule has 1 fully saturated rings. The maximum absolute atomic E-state index is 12.0. The number of hydrogen-bond acceptors (Lipinski definition) is 4. The molecule has 0 spiro atoms. The molecule has 136 valence electrons. The number of aromatic nitrogens is 1. The first-order chi connectivity index (χ1) is 11.9. The van der Waals surface area contributed by atoms with E-state index in [2.05, 4.69) is 9.72 Å². The third kappa shape index (κ3) is 4.72. The Bertz CT molecular complexity index is 688. The fourth-order valence-electron chi connectivity index (χ4n) is 2.95. The fraction of sp³-hybridized carbons (Fsp3) is 0.529. The topological polar surface area (TPSA) is 55.6 Å². The summed E-state index contributed by atoms with van der Waals surface area (Å²) in [6, 6.07) is 7.55. The number of oxazole rings is 1. The molecule has 1 aliphatic heterocycles. The Morgan fingerprint density at radius 2 is 2.00 bits per heavy atom. The highest BCUT2D eigenvalue weighted by molar-refractivity contribution is 5.76. The van der Waals surface area contributed by atoms with Gasteiger partial charge in [-0.1, -0.05) is 12.1 Å². The summed E-state index contributed by atoms with van der Waals surface area (Å²) in [5.74, 6) is 0.651. The maximum atomic E-state index is 12.0. The third-order valence-electron chi connectivity index (χ3n) is 4.23. The van der Waals surface area contributed by atoms with Crippen molar-refractivity contribution in [3.8, 4) is 0 Å². The lowest BCUT2D eigenvalue weighted by atomic mass is 9.96. The lowest BCUT2D eigenvalue weighted by molar-refractivity contribution is -0.175. The smallest absolute Gasteiger partial charge is 0.411 e.